The molecule has 1 spiro atoms. The summed E-state index contributed by atoms with van der Waals surface area (Å²) in [6.07, 6.45) is 8.03. The molecular formula is C27H42N2O5S. The molecule has 0 aromatic heterocycles. The maximum atomic E-state index is 14.2. The van der Waals surface area contributed by atoms with Crippen molar-refractivity contribution in [1.29, 1.82) is 0 Å². The van der Waals surface area contributed by atoms with Gasteiger partial charge in [-0.1, -0.05) is 45.8 Å². The molecule has 0 radical (unpaired) electrons. The number of nitrogens with zero attached hydrogens (tertiary/aromatic N) is 2. The van der Waals surface area contributed by atoms with Crippen molar-refractivity contribution < 1.29 is 24.2 Å². The minimum Gasteiger partial charge on any atom is -0.465 e. The van der Waals surface area contributed by atoms with Crippen LogP contribution in [0.15, 0.2) is 25.3 Å². The van der Waals surface area contributed by atoms with Gasteiger partial charge in [0.2, 0.25) is 11.8 Å². The number of ether oxygens (including phenoxy) is 1. The zero-order valence-corrected chi connectivity index (χ0v) is 22.3. The van der Waals surface area contributed by atoms with E-state index < -0.39 is 28.7 Å². The Morgan fingerprint density at radius 2 is 2.09 bits per heavy atom. The topological polar surface area (TPSA) is 87.1 Å². The Morgan fingerprint density at radius 3 is 2.69 bits per heavy atom. The first-order valence-corrected chi connectivity index (χ1v) is 14.0. The van der Waals surface area contributed by atoms with E-state index in [2.05, 4.69) is 20.1 Å². The second-order valence-corrected chi connectivity index (χ2v) is 11.7. The van der Waals surface area contributed by atoms with E-state index in [1.165, 1.54) is 0 Å². The van der Waals surface area contributed by atoms with Crippen LogP contribution in [0.1, 0.15) is 59.3 Å². The number of thioether (sulfide) groups is 1. The van der Waals surface area contributed by atoms with Gasteiger partial charge in [0.25, 0.3) is 0 Å². The third-order valence-electron chi connectivity index (χ3n) is 8.10. The highest BCUT2D eigenvalue weighted by atomic mass is 32.2. The summed E-state index contributed by atoms with van der Waals surface area (Å²) in [6, 6.07) is -1.18. The zero-order valence-electron chi connectivity index (χ0n) is 21.5. The molecule has 2 bridgehead atoms. The smallest absolute Gasteiger partial charge is 0.310 e. The van der Waals surface area contributed by atoms with Gasteiger partial charge in [0, 0.05) is 18.3 Å². The van der Waals surface area contributed by atoms with Crippen LogP contribution in [0, 0.1) is 17.8 Å². The molecule has 3 heterocycles. The lowest BCUT2D eigenvalue weighted by Gasteiger charge is -2.41. The fourth-order valence-corrected chi connectivity index (χ4v) is 8.31. The number of unbranched alkanes of at least 4 members (excludes halogenated alkanes) is 1. The normalized spacial score (nSPS) is 30.6. The van der Waals surface area contributed by atoms with Crippen LogP contribution in [0.3, 0.4) is 0 Å². The molecule has 3 rings (SSSR count). The van der Waals surface area contributed by atoms with Gasteiger partial charge in [0.15, 0.2) is 0 Å². The van der Waals surface area contributed by atoms with Crippen molar-refractivity contribution in [3.63, 3.8) is 0 Å². The van der Waals surface area contributed by atoms with Crippen LogP contribution in [0.25, 0.3) is 0 Å². The first-order chi connectivity index (χ1) is 16.8. The maximum Gasteiger partial charge on any atom is 0.310 e. The van der Waals surface area contributed by atoms with Crippen molar-refractivity contribution in [2.24, 2.45) is 17.8 Å². The molecule has 1 N–H and O–H groups in total. The summed E-state index contributed by atoms with van der Waals surface area (Å²) in [5.74, 6) is -1.78. The number of rotatable bonds is 14. The van der Waals surface area contributed by atoms with Crippen molar-refractivity contribution in [2.45, 2.75) is 81.4 Å². The average molecular weight is 507 g/mol. The summed E-state index contributed by atoms with van der Waals surface area (Å²) < 4.78 is 4.87. The van der Waals surface area contributed by atoms with Gasteiger partial charge < -0.3 is 19.6 Å². The standard InChI is InChI=1S/C27H42N2O5S/c1-6-10-15-28(14-8-3)25(32)23-27-13-12-20(35-27)21(26(33)34-16-11-7-2)22(27)24(31)29(23)19(17-30)18(5)9-4/h7-8,18-23,30H,2-3,6,9-17H2,1,4-5H3/t18-,19-,20+,21-,22-,23?,27?/m0/s1. The highest BCUT2D eigenvalue weighted by Gasteiger charge is 2.75. The molecule has 3 saturated heterocycles. The largest absolute Gasteiger partial charge is 0.465 e. The Balaban J connectivity index is 2.04. The van der Waals surface area contributed by atoms with Crippen molar-refractivity contribution >= 4 is 29.5 Å². The maximum absolute atomic E-state index is 14.2. The molecule has 196 valence electrons. The number of esters is 1. The molecule has 0 aromatic carbocycles. The monoisotopic (exact) mass is 506 g/mol. The summed E-state index contributed by atoms with van der Waals surface area (Å²) in [5, 5.41) is 10.4. The van der Waals surface area contributed by atoms with Crippen molar-refractivity contribution in [3.8, 4) is 0 Å². The van der Waals surface area contributed by atoms with E-state index in [-0.39, 0.29) is 42.2 Å². The number of hydrogen-bond donors (Lipinski definition) is 1. The summed E-state index contributed by atoms with van der Waals surface area (Å²) in [5.41, 5.74) is 0. The number of amides is 2. The van der Waals surface area contributed by atoms with Crippen molar-refractivity contribution in [1.82, 2.24) is 9.80 Å². The summed E-state index contributed by atoms with van der Waals surface area (Å²) in [6.45, 7) is 14.7. The van der Waals surface area contributed by atoms with Gasteiger partial charge >= 0.3 is 5.97 Å². The average Bonchev–Trinajstić information content (AvgIpc) is 3.49. The molecule has 0 saturated carbocycles. The van der Waals surface area contributed by atoms with E-state index in [0.717, 1.165) is 25.7 Å². The van der Waals surface area contributed by atoms with E-state index in [1.807, 2.05) is 13.8 Å². The number of aliphatic hydroxyl groups is 1. The predicted molar refractivity (Wildman–Crippen MR) is 139 cm³/mol. The first-order valence-electron chi connectivity index (χ1n) is 13.1. The lowest BCUT2D eigenvalue weighted by molar-refractivity contribution is -0.154. The SMILES string of the molecule is C=CCCOC(=O)[C@@H]1[C@H]2C(=O)N([C@@H](CO)[C@@H](C)CC)C(C(=O)N(CC=C)CCCC)C23CC[C@H]1S3. The van der Waals surface area contributed by atoms with Crippen LogP contribution in [0.2, 0.25) is 0 Å². The third kappa shape index (κ3) is 4.93. The van der Waals surface area contributed by atoms with Crippen LogP contribution in [0.4, 0.5) is 0 Å². The highest BCUT2D eigenvalue weighted by Crippen LogP contribution is 2.67. The molecule has 7 nitrogen and oxygen atoms in total. The lowest BCUT2D eigenvalue weighted by atomic mass is 9.71. The molecule has 2 amide bonds. The minimum atomic E-state index is -0.705. The van der Waals surface area contributed by atoms with Gasteiger partial charge in [-0.25, -0.2) is 0 Å². The van der Waals surface area contributed by atoms with Crippen molar-refractivity contribution in [2.75, 3.05) is 26.3 Å². The Kier molecular flexibility index (Phi) is 9.49. The van der Waals surface area contributed by atoms with Crippen LogP contribution >= 0.6 is 11.8 Å². The van der Waals surface area contributed by atoms with Gasteiger partial charge in [-0.15, -0.1) is 24.9 Å². The fraction of sp³-hybridized carbons (Fsp3) is 0.741. The molecule has 2 unspecified atom stereocenters. The van der Waals surface area contributed by atoms with Gasteiger partial charge in [0.1, 0.15) is 6.04 Å². The molecule has 3 aliphatic heterocycles. The molecule has 7 atom stereocenters. The van der Waals surface area contributed by atoms with E-state index in [4.69, 9.17) is 4.74 Å². The Labute approximate surface area is 214 Å². The van der Waals surface area contributed by atoms with Gasteiger partial charge in [-0.2, -0.15) is 0 Å². The molecule has 3 fully saturated rings. The second-order valence-electron chi connectivity index (χ2n) is 10.1. The lowest BCUT2D eigenvalue weighted by Crippen LogP contribution is -2.58. The van der Waals surface area contributed by atoms with Gasteiger partial charge in [-0.05, 0) is 31.6 Å². The fourth-order valence-electron chi connectivity index (χ4n) is 6.12. The molecular weight excluding hydrogens is 464 g/mol. The zero-order chi connectivity index (χ0) is 25.8. The predicted octanol–water partition coefficient (Wildman–Crippen LogP) is 3.42. The quantitative estimate of drug-likeness (QED) is 0.221. The van der Waals surface area contributed by atoms with Crippen LogP contribution in [0.5, 0.6) is 0 Å². The van der Waals surface area contributed by atoms with Crippen molar-refractivity contribution in [3.05, 3.63) is 25.3 Å². The number of aliphatic hydroxyl groups excluding tert-OH is 1. The van der Waals surface area contributed by atoms with Gasteiger partial charge in [0.05, 0.1) is 35.8 Å². The molecule has 0 aromatic rings. The number of carbonyl (C=O) groups is 3. The number of fused-ring (bicyclic) bond motifs is 1. The summed E-state index contributed by atoms with van der Waals surface area (Å²) >= 11 is 1.64. The second kappa shape index (κ2) is 12.0. The Hall–Kier alpha value is -1.80. The molecule has 3 aliphatic rings. The summed E-state index contributed by atoms with van der Waals surface area (Å²) in [7, 11) is 0. The molecule has 0 aliphatic carbocycles. The van der Waals surface area contributed by atoms with E-state index in [9.17, 15) is 19.5 Å². The van der Waals surface area contributed by atoms with Crippen LogP contribution in [-0.4, -0.2) is 81.1 Å². The van der Waals surface area contributed by atoms with E-state index >= 15 is 0 Å². The van der Waals surface area contributed by atoms with E-state index in [0.29, 0.717) is 25.9 Å². The van der Waals surface area contributed by atoms with Crippen LogP contribution in [-0.2, 0) is 19.1 Å². The molecule has 35 heavy (non-hydrogen) atoms. The van der Waals surface area contributed by atoms with Crippen LogP contribution < -0.4 is 0 Å². The summed E-state index contributed by atoms with van der Waals surface area (Å²) in [4.78, 5) is 45.0. The van der Waals surface area contributed by atoms with E-state index in [1.54, 1.807) is 33.7 Å². The minimum absolute atomic E-state index is 0.0122. The third-order valence-corrected chi connectivity index (χ3v) is 10.1. The molecule has 8 heteroatoms. The first kappa shape index (κ1) is 27.8. The Bertz CT molecular complexity index is 819. The van der Waals surface area contributed by atoms with Gasteiger partial charge in [-0.3, -0.25) is 14.4 Å². The number of likely N-dealkylation sites (tertiary alicyclic amines) is 1. The highest BCUT2D eigenvalue weighted by molar-refractivity contribution is 8.02. The number of hydrogen-bond acceptors (Lipinski definition) is 6. The Morgan fingerprint density at radius 1 is 1.34 bits per heavy atom. The number of carbonyl (C=O) groups excluding carboxylic acids is 3.